The van der Waals surface area contributed by atoms with E-state index in [4.69, 9.17) is 0 Å². The molecule has 1 aromatic rings. The first-order chi connectivity index (χ1) is 8.42. The van der Waals surface area contributed by atoms with Gasteiger partial charge in [-0.25, -0.2) is 8.42 Å². The fraction of sp³-hybridized carbons (Fsp3) is 0.385. The molecule has 5 heteroatoms. The third kappa shape index (κ3) is 1.89. The molecule has 0 amide bonds. The van der Waals surface area contributed by atoms with E-state index in [-0.39, 0.29) is 5.41 Å². The number of hydrogen-bond acceptors (Lipinski definition) is 2. The number of nitrogens with zero attached hydrogens (tertiary/aromatic N) is 1. The normalized spacial score (nSPS) is 30.1. The molecule has 18 heavy (non-hydrogen) atoms. The highest BCUT2D eigenvalue weighted by atomic mass is 79.9. The van der Waals surface area contributed by atoms with Crippen LogP contribution in [0.3, 0.4) is 0 Å². The van der Waals surface area contributed by atoms with E-state index in [1.165, 1.54) is 16.1 Å². The standard InChI is InChI=1S/C13H14BrNO2S/c1-18(16,17)15-7-6-13(8-11(13)9-15)10-2-4-12(14)5-3-10/h2-7,11H,8-9H2,1H3/t11-,13-/m0/s1. The summed E-state index contributed by atoms with van der Waals surface area (Å²) in [6, 6.07) is 8.31. The van der Waals surface area contributed by atoms with Gasteiger partial charge in [0.15, 0.2) is 0 Å². The van der Waals surface area contributed by atoms with Gasteiger partial charge in [-0.3, -0.25) is 4.31 Å². The van der Waals surface area contributed by atoms with E-state index >= 15 is 0 Å². The zero-order valence-corrected chi connectivity index (χ0v) is 12.4. The molecular weight excluding hydrogens is 314 g/mol. The molecule has 2 aliphatic rings. The summed E-state index contributed by atoms with van der Waals surface area (Å²) in [7, 11) is -3.11. The van der Waals surface area contributed by atoms with E-state index in [1.54, 1.807) is 6.20 Å². The molecule has 3 rings (SSSR count). The maximum absolute atomic E-state index is 11.5. The van der Waals surface area contributed by atoms with Crippen LogP contribution in [0.15, 0.2) is 41.0 Å². The Balaban J connectivity index is 1.91. The molecule has 1 aliphatic carbocycles. The number of benzene rings is 1. The minimum Gasteiger partial charge on any atom is -0.277 e. The smallest absolute Gasteiger partial charge is 0.231 e. The van der Waals surface area contributed by atoms with E-state index in [2.05, 4.69) is 28.1 Å². The van der Waals surface area contributed by atoms with Crippen molar-refractivity contribution in [1.82, 2.24) is 4.31 Å². The average Bonchev–Trinajstić information content (AvgIpc) is 3.03. The molecule has 1 aliphatic heterocycles. The van der Waals surface area contributed by atoms with Crippen molar-refractivity contribution in [3.63, 3.8) is 0 Å². The van der Waals surface area contributed by atoms with Crippen molar-refractivity contribution < 1.29 is 8.42 Å². The number of allylic oxidation sites excluding steroid dienone is 1. The molecule has 0 saturated heterocycles. The summed E-state index contributed by atoms with van der Waals surface area (Å²) >= 11 is 3.43. The minimum atomic E-state index is -3.11. The summed E-state index contributed by atoms with van der Waals surface area (Å²) in [5.74, 6) is 0.415. The summed E-state index contributed by atoms with van der Waals surface area (Å²) in [4.78, 5) is 0. The summed E-state index contributed by atoms with van der Waals surface area (Å²) in [5, 5.41) is 0. The van der Waals surface area contributed by atoms with Crippen molar-refractivity contribution in [2.75, 3.05) is 12.8 Å². The molecule has 3 nitrogen and oxygen atoms in total. The molecule has 0 radical (unpaired) electrons. The van der Waals surface area contributed by atoms with Crippen LogP contribution in [0.25, 0.3) is 0 Å². The second-order valence-electron chi connectivity index (χ2n) is 5.10. The molecule has 1 aromatic carbocycles. The fourth-order valence-electron chi connectivity index (χ4n) is 2.73. The van der Waals surface area contributed by atoms with Crippen LogP contribution in [0.2, 0.25) is 0 Å². The van der Waals surface area contributed by atoms with Crippen molar-refractivity contribution in [2.45, 2.75) is 11.8 Å². The minimum absolute atomic E-state index is 0.0713. The molecule has 0 unspecified atom stereocenters. The highest BCUT2D eigenvalue weighted by Gasteiger charge is 2.56. The van der Waals surface area contributed by atoms with E-state index in [9.17, 15) is 8.42 Å². The lowest BCUT2D eigenvalue weighted by Crippen LogP contribution is -2.31. The Bertz CT molecular complexity index is 608. The lowest BCUT2D eigenvalue weighted by molar-refractivity contribution is 0.455. The topological polar surface area (TPSA) is 37.4 Å². The Morgan fingerprint density at radius 3 is 2.56 bits per heavy atom. The van der Waals surface area contributed by atoms with Gasteiger partial charge in [-0.15, -0.1) is 0 Å². The first-order valence-electron chi connectivity index (χ1n) is 5.84. The maximum Gasteiger partial charge on any atom is 0.231 e. The van der Waals surface area contributed by atoms with Gasteiger partial charge in [0.2, 0.25) is 10.0 Å². The van der Waals surface area contributed by atoms with E-state index in [1.807, 2.05) is 18.2 Å². The maximum atomic E-state index is 11.5. The quantitative estimate of drug-likeness (QED) is 0.836. The largest absolute Gasteiger partial charge is 0.277 e. The molecule has 1 heterocycles. The summed E-state index contributed by atoms with van der Waals surface area (Å²) in [6.07, 6.45) is 6.07. The van der Waals surface area contributed by atoms with Gasteiger partial charge in [0, 0.05) is 22.6 Å². The average molecular weight is 328 g/mol. The van der Waals surface area contributed by atoms with Crippen LogP contribution in [-0.2, 0) is 15.4 Å². The van der Waals surface area contributed by atoms with Crippen molar-refractivity contribution in [1.29, 1.82) is 0 Å². The number of rotatable bonds is 2. The summed E-state index contributed by atoms with van der Waals surface area (Å²) in [5.41, 5.74) is 1.35. The lowest BCUT2D eigenvalue weighted by Gasteiger charge is -2.25. The van der Waals surface area contributed by atoms with Crippen molar-refractivity contribution in [3.05, 3.63) is 46.6 Å². The van der Waals surface area contributed by atoms with Gasteiger partial charge in [-0.2, -0.15) is 0 Å². The Hall–Kier alpha value is -0.810. The van der Waals surface area contributed by atoms with Crippen LogP contribution in [-0.4, -0.2) is 25.5 Å². The summed E-state index contributed by atoms with van der Waals surface area (Å²) in [6.45, 7) is 0.603. The highest BCUT2D eigenvalue weighted by molar-refractivity contribution is 9.10. The highest BCUT2D eigenvalue weighted by Crippen LogP contribution is 2.57. The molecule has 0 aromatic heterocycles. The molecule has 1 saturated carbocycles. The number of fused-ring (bicyclic) bond motifs is 1. The molecule has 0 N–H and O–H groups in total. The van der Waals surface area contributed by atoms with Gasteiger partial charge >= 0.3 is 0 Å². The van der Waals surface area contributed by atoms with Gasteiger partial charge in [0.1, 0.15) is 0 Å². The first-order valence-corrected chi connectivity index (χ1v) is 8.48. The SMILES string of the molecule is CS(=O)(=O)N1C=C[C@@]2(c3ccc(Br)cc3)C[C@H]2C1. The third-order valence-corrected chi connectivity index (χ3v) is 5.55. The number of hydrogen-bond donors (Lipinski definition) is 0. The number of halogens is 1. The van der Waals surface area contributed by atoms with Gasteiger partial charge in [0.25, 0.3) is 0 Å². The predicted octanol–water partition coefficient (Wildman–Crippen LogP) is 2.50. The second-order valence-corrected chi connectivity index (χ2v) is 7.95. The Morgan fingerprint density at radius 1 is 1.33 bits per heavy atom. The van der Waals surface area contributed by atoms with Gasteiger partial charge < -0.3 is 0 Å². The first kappa shape index (κ1) is 12.2. The van der Waals surface area contributed by atoms with Crippen molar-refractivity contribution >= 4 is 26.0 Å². The van der Waals surface area contributed by atoms with Crippen LogP contribution >= 0.6 is 15.9 Å². The zero-order valence-electron chi connectivity index (χ0n) is 10.0. The van der Waals surface area contributed by atoms with E-state index in [0.717, 1.165) is 10.9 Å². The summed E-state index contributed by atoms with van der Waals surface area (Å²) < 4.78 is 25.5. The van der Waals surface area contributed by atoms with Gasteiger partial charge in [0.05, 0.1) is 6.26 Å². The Kier molecular flexibility index (Phi) is 2.61. The van der Waals surface area contributed by atoms with Crippen LogP contribution in [0, 0.1) is 5.92 Å². The predicted molar refractivity (Wildman–Crippen MR) is 74.6 cm³/mol. The van der Waals surface area contributed by atoms with Gasteiger partial charge in [-0.05, 0) is 30.0 Å². The molecule has 96 valence electrons. The molecular formula is C13H14BrNO2S. The lowest BCUT2D eigenvalue weighted by atomic mass is 9.92. The Morgan fingerprint density at radius 2 is 2.00 bits per heavy atom. The van der Waals surface area contributed by atoms with E-state index in [0.29, 0.717) is 12.5 Å². The van der Waals surface area contributed by atoms with Crippen LogP contribution in [0.5, 0.6) is 0 Å². The molecule has 0 bridgehead atoms. The second kappa shape index (κ2) is 3.84. The Labute approximate surface area is 116 Å². The third-order valence-electron chi connectivity index (χ3n) is 3.90. The monoisotopic (exact) mass is 327 g/mol. The molecule has 2 atom stereocenters. The van der Waals surface area contributed by atoms with Crippen molar-refractivity contribution in [2.24, 2.45) is 5.92 Å². The molecule has 1 fully saturated rings. The van der Waals surface area contributed by atoms with E-state index < -0.39 is 10.0 Å². The van der Waals surface area contributed by atoms with Crippen molar-refractivity contribution in [3.8, 4) is 0 Å². The fourth-order valence-corrected chi connectivity index (χ4v) is 3.73. The van der Waals surface area contributed by atoms with Crippen LogP contribution in [0.4, 0.5) is 0 Å². The van der Waals surface area contributed by atoms with Gasteiger partial charge in [-0.1, -0.05) is 34.1 Å². The molecule has 0 spiro atoms. The van der Waals surface area contributed by atoms with Crippen LogP contribution < -0.4 is 0 Å². The van der Waals surface area contributed by atoms with Crippen LogP contribution in [0.1, 0.15) is 12.0 Å². The zero-order chi connectivity index (χ0) is 13.0. The number of sulfonamides is 1.